The van der Waals surface area contributed by atoms with Crippen LogP contribution in [0.3, 0.4) is 0 Å². The Hall–Kier alpha value is -1.00. The van der Waals surface area contributed by atoms with Crippen molar-refractivity contribution in [1.29, 1.82) is 0 Å². The fourth-order valence-electron chi connectivity index (χ4n) is 1.72. The number of benzene rings is 1. The minimum atomic E-state index is -0.543. The molecule has 0 radical (unpaired) electrons. The molecule has 1 aliphatic heterocycles. The summed E-state index contributed by atoms with van der Waals surface area (Å²) in [5.74, 6) is -0.600. The van der Waals surface area contributed by atoms with Crippen LogP contribution in [0.5, 0.6) is 5.75 Å². The van der Waals surface area contributed by atoms with Crippen molar-refractivity contribution in [2.75, 3.05) is 31.1 Å². The lowest BCUT2D eigenvalue weighted by molar-refractivity contribution is 0.463. The summed E-state index contributed by atoms with van der Waals surface area (Å²) in [7, 11) is 0. The molecule has 2 N–H and O–H groups in total. The maximum atomic E-state index is 13.7. The van der Waals surface area contributed by atoms with Gasteiger partial charge in [-0.3, -0.25) is 0 Å². The highest BCUT2D eigenvalue weighted by molar-refractivity contribution is 6.31. The number of phenolic OH excluding ortho intramolecular Hbond substituents is 1. The lowest BCUT2D eigenvalue weighted by atomic mass is 10.2. The summed E-state index contributed by atoms with van der Waals surface area (Å²) in [6, 6.07) is 2.78. The summed E-state index contributed by atoms with van der Waals surface area (Å²) >= 11 is 5.68. The van der Waals surface area contributed by atoms with Crippen LogP contribution in [0.4, 0.5) is 10.1 Å². The van der Waals surface area contributed by atoms with Gasteiger partial charge in [0, 0.05) is 26.2 Å². The van der Waals surface area contributed by atoms with Crippen LogP contribution >= 0.6 is 11.6 Å². The zero-order chi connectivity index (χ0) is 10.8. The molecular weight excluding hydrogens is 219 g/mol. The van der Waals surface area contributed by atoms with E-state index in [1.54, 1.807) is 4.90 Å². The van der Waals surface area contributed by atoms with Crippen molar-refractivity contribution in [1.82, 2.24) is 5.32 Å². The maximum absolute atomic E-state index is 13.7. The number of anilines is 1. The molecule has 2 rings (SSSR count). The summed E-state index contributed by atoms with van der Waals surface area (Å²) < 4.78 is 13.7. The Morgan fingerprint density at radius 3 is 2.67 bits per heavy atom. The van der Waals surface area contributed by atoms with Gasteiger partial charge in [0.25, 0.3) is 0 Å². The van der Waals surface area contributed by atoms with Crippen LogP contribution in [0, 0.1) is 5.82 Å². The number of phenols is 1. The highest BCUT2D eigenvalue weighted by Gasteiger charge is 2.20. The quantitative estimate of drug-likeness (QED) is 0.769. The van der Waals surface area contributed by atoms with Crippen molar-refractivity contribution in [2.45, 2.75) is 0 Å². The second-order valence-corrected chi connectivity index (χ2v) is 3.87. The van der Waals surface area contributed by atoms with Crippen molar-refractivity contribution in [3.63, 3.8) is 0 Å². The van der Waals surface area contributed by atoms with E-state index in [1.165, 1.54) is 12.1 Å². The minimum absolute atomic E-state index is 0.0429. The standard InChI is InChI=1S/C10H12ClFN2O/c11-7-1-2-8(15)10(9(7)12)14-5-3-13-4-6-14/h1-2,13,15H,3-6H2. The molecule has 3 nitrogen and oxygen atoms in total. The van der Waals surface area contributed by atoms with E-state index < -0.39 is 5.82 Å². The average Bonchev–Trinajstić information content (AvgIpc) is 2.26. The molecule has 0 saturated carbocycles. The highest BCUT2D eigenvalue weighted by atomic mass is 35.5. The third-order valence-electron chi connectivity index (χ3n) is 2.48. The second kappa shape index (κ2) is 4.24. The molecular formula is C10H12ClFN2O. The van der Waals surface area contributed by atoms with Gasteiger partial charge in [0.15, 0.2) is 5.82 Å². The van der Waals surface area contributed by atoms with Gasteiger partial charge < -0.3 is 15.3 Å². The molecule has 0 bridgehead atoms. The second-order valence-electron chi connectivity index (χ2n) is 3.47. The van der Waals surface area contributed by atoms with Gasteiger partial charge >= 0.3 is 0 Å². The van der Waals surface area contributed by atoms with Crippen LogP contribution in [0.25, 0.3) is 0 Å². The molecule has 15 heavy (non-hydrogen) atoms. The van der Waals surface area contributed by atoms with Gasteiger partial charge in [0.1, 0.15) is 11.4 Å². The fraction of sp³-hybridized carbons (Fsp3) is 0.400. The van der Waals surface area contributed by atoms with Gasteiger partial charge in [-0.25, -0.2) is 4.39 Å². The van der Waals surface area contributed by atoms with Crippen molar-refractivity contribution in [3.05, 3.63) is 23.0 Å². The molecule has 0 unspecified atom stereocenters. The Morgan fingerprint density at radius 2 is 2.00 bits per heavy atom. The summed E-state index contributed by atoms with van der Waals surface area (Å²) in [4.78, 5) is 1.80. The van der Waals surface area contributed by atoms with Crippen molar-refractivity contribution in [3.8, 4) is 5.75 Å². The van der Waals surface area contributed by atoms with E-state index in [2.05, 4.69) is 5.32 Å². The summed E-state index contributed by atoms with van der Waals surface area (Å²) in [6.07, 6.45) is 0. The smallest absolute Gasteiger partial charge is 0.168 e. The molecule has 1 fully saturated rings. The molecule has 1 saturated heterocycles. The molecule has 0 aromatic heterocycles. The monoisotopic (exact) mass is 230 g/mol. The van der Waals surface area contributed by atoms with Crippen LogP contribution in [-0.2, 0) is 0 Å². The number of hydrogen-bond donors (Lipinski definition) is 2. The lowest BCUT2D eigenvalue weighted by Crippen LogP contribution is -2.43. The Bertz CT molecular complexity index is 367. The SMILES string of the molecule is Oc1ccc(Cl)c(F)c1N1CCNCC1. The fourth-order valence-corrected chi connectivity index (χ4v) is 1.87. The lowest BCUT2D eigenvalue weighted by Gasteiger charge is -2.30. The van der Waals surface area contributed by atoms with E-state index in [4.69, 9.17) is 11.6 Å². The zero-order valence-corrected chi connectivity index (χ0v) is 8.89. The number of aromatic hydroxyl groups is 1. The van der Waals surface area contributed by atoms with E-state index in [9.17, 15) is 9.50 Å². The molecule has 82 valence electrons. The van der Waals surface area contributed by atoms with Gasteiger partial charge in [-0.2, -0.15) is 0 Å². The molecule has 1 heterocycles. The predicted octanol–water partition coefficient (Wildman–Crippen LogP) is 1.59. The van der Waals surface area contributed by atoms with E-state index in [-0.39, 0.29) is 16.5 Å². The first-order valence-electron chi connectivity index (χ1n) is 4.83. The average molecular weight is 231 g/mol. The summed E-state index contributed by atoms with van der Waals surface area (Å²) in [6.45, 7) is 2.91. The number of nitrogens with one attached hydrogen (secondary N) is 1. The number of hydrogen-bond acceptors (Lipinski definition) is 3. The first-order chi connectivity index (χ1) is 7.20. The van der Waals surface area contributed by atoms with Gasteiger partial charge in [-0.1, -0.05) is 11.6 Å². The van der Waals surface area contributed by atoms with E-state index >= 15 is 0 Å². The predicted molar refractivity (Wildman–Crippen MR) is 58.2 cm³/mol. The largest absolute Gasteiger partial charge is 0.506 e. The van der Waals surface area contributed by atoms with Gasteiger partial charge in [0.2, 0.25) is 0 Å². The Balaban J connectivity index is 2.36. The first kappa shape index (κ1) is 10.5. The Labute approximate surface area is 92.5 Å². The summed E-state index contributed by atoms with van der Waals surface area (Å²) in [5, 5.41) is 12.8. The van der Waals surface area contributed by atoms with Gasteiger partial charge in [0.05, 0.1) is 5.02 Å². The molecule has 1 aliphatic rings. The summed E-state index contributed by atoms with van der Waals surface area (Å²) in [5.41, 5.74) is 0.212. The Morgan fingerprint density at radius 1 is 1.33 bits per heavy atom. The van der Waals surface area contributed by atoms with E-state index in [0.29, 0.717) is 13.1 Å². The molecule has 0 spiro atoms. The molecule has 0 aliphatic carbocycles. The van der Waals surface area contributed by atoms with Gasteiger partial charge in [-0.05, 0) is 12.1 Å². The third-order valence-corrected chi connectivity index (χ3v) is 2.77. The minimum Gasteiger partial charge on any atom is -0.506 e. The maximum Gasteiger partial charge on any atom is 0.168 e. The highest BCUT2D eigenvalue weighted by Crippen LogP contribution is 2.34. The third kappa shape index (κ3) is 2.01. The van der Waals surface area contributed by atoms with Crippen molar-refractivity contribution >= 4 is 17.3 Å². The zero-order valence-electron chi connectivity index (χ0n) is 8.13. The molecule has 0 atom stereocenters. The molecule has 1 aromatic rings. The van der Waals surface area contributed by atoms with E-state index in [1.807, 2.05) is 0 Å². The van der Waals surface area contributed by atoms with Crippen LogP contribution < -0.4 is 10.2 Å². The van der Waals surface area contributed by atoms with Crippen molar-refractivity contribution < 1.29 is 9.50 Å². The molecule has 1 aromatic carbocycles. The first-order valence-corrected chi connectivity index (χ1v) is 5.20. The van der Waals surface area contributed by atoms with Crippen LogP contribution in [-0.4, -0.2) is 31.3 Å². The van der Waals surface area contributed by atoms with Crippen LogP contribution in [0.1, 0.15) is 0 Å². The normalized spacial score (nSPS) is 16.8. The molecule has 0 amide bonds. The van der Waals surface area contributed by atoms with Crippen LogP contribution in [0.15, 0.2) is 12.1 Å². The van der Waals surface area contributed by atoms with Crippen LogP contribution in [0.2, 0.25) is 5.02 Å². The van der Waals surface area contributed by atoms with E-state index in [0.717, 1.165) is 13.1 Å². The number of nitrogens with zero attached hydrogens (tertiary/aromatic N) is 1. The number of halogens is 2. The number of piperazine rings is 1. The number of rotatable bonds is 1. The Kier molecular flexibility index (Phi) is 2.98. The topological polar surface area (TPSA) is 35.5 Å². The molecule has 5 heteroatoms. The van der Waals surface area contributed by atoms with Crippen molar-refractivity contribution in [2.24, 2.45) is 0 Å². The van der Waals surface area contributed by atoms with Gasteiger partial charge in [-0.15, -0.1) is 0 Å².